The van der Waals surface area contributed by atoms with Crippen LogP contribution in [0.25, 0.3) is 11.0 Å². The number of phenols is 1. The Morgan fingerprint density at radius 1 is 1.03 bits per heavy atom. The molecule has 9 heteroatoms. The third-order valence-electron chi connectivity index (χ3n) is 6.99. The number of hydrogen-bond acceptors (Lipinski definition) is 6. The van der Waals surface area contributed by atoms with Crippen molar-refractivity contribution in [2.24, 2.45) is 0 Å². The van der Waals surface area contributed by atoms with E-state index in [1.165, 1.54) is 17.0 Å². The second-order valence-corrected chi connectivity index (χ2v) is 9.54. The molecule has 0 spiro atoms. The van der Waals surface area contributed by atoms with E-state index in [2.05, 4.69) is 15.6 Å². The Hall–Kier alpha value is -4.40. The monoisotopic (exact) mass is 513 g/mol. The van der Waals surface area contributed by atoms with Gasteiger partial charge in [0.1, 0.15) is 29.6 Å². The van der Waals surface area contributed by atoms with Gasteiger partial charge >= 0.3 is 0 Å². The average Bonchev–Trinajstić information content (AvgIpc) is 3.35. The zero-order valence-electron chi connectivity index (χ0n) is 21.3. The average molecular weight is 514 g/mol. The number of ether oxygens (including phenoxy) is 1. The summed E-state index contributed by atoms with van der Waals surface area (Å²) in [6, 6.07) is 20.0. The first-order chi connectivity index (χ1) is 18.5. The van der Waals surface area contributed by atoms with Gasteiger partial charge in [-0.3, -0.25) is 14.5 Å². The van der Waals surface area contributed by atoms with Crippen LogP contribution in [-0.4, -0.2) is 45.1 Å². The van der Waals surface area contributed by atoms with E-state index in [-0.39, 0.29) is 30.2 Å². The van der Waals surface area contributed by atoms with Gasteiger partial charge in [0.2, 0.25) is 11.8 Å². The van der Waals surface area contributed by atoms with Crippen LogP contribution in [0.5, 0.6) is 11.5 Å². The van der Waals surface area contributed by atoms with Crippen LogP contribution in [-0.2, 0) is 16.1 Å². The van der Waals surface area contributed by atoms with Crippen molar-refractivity contribution in [2.45, 2.75) is 50.7 Å². The molecular formula is C29H31N5O4. The van der Waals surface area contributed by atoms with Crippen LogP contribution >= 0.6 is 0 Å². The highest BCUT2D eigenvalue weighted by molar-refractivity contribution is 6.01. The van der Waals surface area contributed by atoms with E-state index in [9.17, 15) is 14.7 Å². The lowest BCUT2D eigenvalue weighted by atomic mass is 9.94. The van der Waals surface area contributed by atoms with Crippen molar-refractivity contribution in [1.29, 1.82) is 0 Å². The lowest BCUT2D eigenvalue weighted by Gasteiger charge is -2.33. The molecule has 5 rings (SSSR count). The fourth-order valence-corrected chi connectivity index (χ4v) is 5.02. The molecule has 2 N–H and O–H groups in total. The van der Waals surface area contributed by atoms with Crippen molar-refractivity contribution in [3.63, 3.8) is 0 Å². The lowest BCUT2D eigenvalue weighted by Crippen LogP contribution is -2.48. The number of carbonyl (C=O) groups excluding carboxylic acids is 2. The quantitative estimate of drug-likeness (QED) is 0.362. The van der Waals surface area contributed by atoms with Gasteiger partial charge in [-0.15, -0.1) is 5.10 Å². The SMILES string of the molecule is COc1ccc(N(C(=O)Cn2nnc3ccccc32)[C@H](C(=O)NC2CCCCC2)c2ccc(O)cc2)cc1. The number of hydrogen-bond donors (Lipinski definition) is 2. The smallest absolute Gasteiger partial charge is 0.249 e. The van der Waals surface area contributed by atoms with Gasteiger partial charge in [-0.25, -0.2) is 4.68 Å². The molecular weight excluding hydrogens is 482 g/mol. The Labute approximate surface area is 221 Å². The summed E-state index contributed by atoms with van der Waals surface area (Å²) in [7, 11) is 1.57. The van der Waals surface area contributed by atoms with Crippen LogP contribution in [0.4, 0.5) is 5.69 Å². The van der Waals surface area contributed by atoms with Gasteiger partial charge in [-0.1, -0.05) is 48.7 Å². The van der Waals surface area contributed by atoms with Crippen molar-refractivity contribution < 1.29 is 19.4 Å². The summed E-state index contributed by atoms with van der Waals surface area (Å²) >= 11 is 0. The van der Waals surface area contributed by atoms with Crippen LogP contribution in [0, 0.1) is 0 Å². The van der Waals surface area contributed by atoms with Gasteiger partial charge in [0.25, 0.3) is 0 Å². The van der Waals surface area contributed by atoms with E-state index in [4.69, 9.17) is 4.74 Å². The molecule has 1 aromatic heterocycles. The van der Waals surface area contributed by atoms with E-state index in [1.54, 1.807) is 48.2 Å². The van der Waals surface area contributed by atoms with Gasteiger partial charge in [0, 0.05) is 11.7 Å². The minimum Gasteiger partial charge on any atom is -0.508 e. The van der Waals surface area contributed by atoms with Crippen LogP contribution in [0.15, 0.2) is 72.8 Å². The van der Waals surface area contributed by atoms with Crippen molar-refractivity contribution in [1.82, 2.24) is 20.3 Å². The zero-order valence-corrected chi connectivity index (χ0v) is 21.3. The Bertz CT molecular complexity index is 1390. The second-order valence-electron chi connectivity index (χ2n) is 9.54. The lowest BCUT2D eigenvalue weighted by molar-refractivity contribution is -0.127. The number of rotatable bonds is 8. The third kappa shape index (κ3) is 5.46. The summed E-state index contributed by atoms with van der Waals surface area (Å²) in [6.45, 7) is -0.113. The minimum absolute atomic E-state index is 0.0583. The van der Waals surface area contributed by atoms with Crippen molar-refractivity contribution in [3.05, 3.63) is 78.4 Å². The van der Waals surface area contributed by atoms with Crippen LogP contribution < -0.4 is 15.0 Å². The molecule has 1 aliphatic carbocycles. The third-order valence-corrected chi connectivity index (χ3v) is 6.99. The Balaban J connectivity index is 1.55. The van der Waals surface area contributed by atoms with E-state index in [0.717, 1.165) is 37.6 Å². The summed E-state index contributed by atoms with van der Waals surface area (Å²) in [5, 5.41) is 21.5. The normalized spacial score (nSPS) is 14.7. The van der Waals surface area contributed by atoms with E-state index in [0.29, 0.717) is 22.5 Å². The molecule has 196 valence electrons. The molecule has 38 heavy (non-hydrogen) atoms. The molecule has 0 saturated heterocycles. The second kappa shape index (κ2) is 11.3. The number of aromatic hydroxyl groups is 1. The number of nitrogens with zero attached hydrogens (tertiary/aromatic N) is 4. The highest BCUT2D eigenvalue weighted by Crippen LogP contribution is 2.31. The van der Waals surface area contributed by atoms with E-state index >= 15 is 0 Å². The first-order valence-corrected chi connectivity index (χ1v) is 12.9. The van der Waals surface area contributed by atoms with Crippen molar-refractivity contribution in [3.8, 4) is 11.5 Å². The fraction of sp³-hybridized carbons (Fsp3) is 0.310. The number of phenolic OH excluding ortho intramolecular Hbond substituents is 1. The Morgan fingerprint density at radius 2 is 1.74 bits per heavy atom. The summed E-state index contributed by atoms with van der Waals surface area (Å²) < 4.78 is 6.86. The number of methoxy groups -OCH3 is 1. The number of benzene rings is 3. The van der Waals surface area contributed by atoms with Gasteiger partial charge in [-0.05, 0) is 66.9 Å². The van der Waals surface area contributed by atoms with Crippen molar-refractivity contribution >= 4 is 28.5 Å². The summed E-state index contributed by atoms with van der Waals surface area (Å²) in [5.41, 5.74) is 2.53. The molecule has 2 amide bonds. The largest absolute Gasteiger partial charge is 0.508 e. The maximum atomic E-state index is 14.1. The number of nitrogens with one attached hydrogen (secondary N) is 1. The maximum absolute atomic E-state index is 14.1. The van der Waals surface area contributed by atoms with Crippen LogP contribution in [0.1, 0.15) is 43.7 Å². The van der Waals surface area contributed by atoms with Crippen LogP contribution in [0.2, 0.25) is 0 Å². The predicted molar refractivity (Wildman–Crippen MR) is 144 cm³/mol. The zero-order chi connectivity index (χ0) is 26.5. The summed E-state index contributed by atoms with van der Waals surface area (Å²) in [6.07, 6.45) is 5.12. The topological polar surface area (TPSA) is 110 Å². The standard InChI is InChI=1S/C29H31N5O4/c1-38-24-17-13-22(14-18-24)34(27(36)19-33-26-10-6-5-9-25(26)31-32-33)28(20-11-15-23(35)16-12-20)29(37)30-21-7-3-2-4-8-21/h5-6,9-18,21,28,35H,2-4,7-8,19H2,1H3,(H,30,37)/t28-/m0/s1. The van der Waals surface area contributed by atoms with Crippen LogP contribution in [0.3, 0.4) is 0 Å². The number of para-hydroxylation sites is 1. The molecule has 3 aromatic carbocycles. The van der Waals surface area contributed by atoms with E-state index < -0.39 is 6.04 Å². The van der Waals surface area contributed by atoms with Gasteiger partial charge in [0.15, 0.2) is 0 Å². The first-order valence-electron chi connectivity index (χ1n) is 12.9. The number of carbonyl (C=O) groups is 2. The molecule has 1 aliphatic rings. The number of fused-ring (bicyclic) bond motifs is 1. The molecule has 0 unspecified atom stereocenters. The molecule has 1 fully saturated rings. The van der Waals surface area contributed by atoms with E-state index in [1.807, 2.05) is 24.3 Å². The van der Waals surface area contributed by atoms with Gasteiger partial charge in [-0.2, -0.15) is 0 Å². The Morgan fingerprint density at radius 3 is 2.45 bits per heavy atom. The molecule has 1 saturated carbocycles. The summed E-state index contributed by atoms with van der Waals surface area (Å²) in [4.78, 5) is 29.5. The van der Waals surface area contributed by atoms with Gasteiger partial charge < -0.3 is 15.2 Å². The van der Waals surface area contributed by atoms with Gasteiger partial charge in [0.05, 0.1) is 12.6 Å². The fourth-order valence-electron chi connectivity index (χ4n) is 5.02. The molecule has 0 radical (unpaired) electrons. The summed E-state index contributed by atoms with van der Waals surface area (Å²) in [5.74, 6) is 0.116. The Kier molecular flexibility index (Phi) is 7.53. The predicted octanol–water partition coefficient (Wildman–Crippen LogP) is 4.37. The molecule has 1 atom stereocenters. The molecule has 4 aromatic rings. The molecule has 1 heterocycles. The minimum atomic E-state index is -0.965. The van der Waals surface area contributed by atoms with Crippen molar-refractivity contribution in [2.75, 3.05) is 12.0 Å². The highest BCUT2D eigenvalue weighted by atomic mass is 16.5. The highest BCUT2D eigenvalue weighted by Gasteiger charge is 2.34. The molecule has 9 nitrogen and oxygen atoms in total. The number of aromatic nitrogens is 3. The first kappa shape index (κ1) is 25.3. The maximum Gasteiger partial charge on any atom is 0.249 e. The number of anilines is 1. The number of amides is 2. The molecule has 0 aliphatic heterocycles. The molecule has 0 bridgehead atoms.